The number of hydrogen-bond acceptors (Lipinski definition) is 18. The Hall–Kier alpha value is -3.03. The van der Waals surface area contributed by atoms with Crippen LogP contribution in [0.2, 0.25) is 0 Å². The lowest BCUT2D eigenvalue weighted by Gasteiger charge is -2.48. The molecular formula is C81H143NO18. The summed E-state index contributed by atoms with van der Waals surface area (Å²) in [5, 5.41) is 121. The lowest BCUT2D eigenvalue weighted by Crippen LogP contribution is -2.66. The molecule has 17 atom stereocenters. The van der Waals surface area contributed by atoms with Crippen molar-refractivity contribution in [2.75, 3.05) is 26.4 Å². The van der Waals surface area contributed by atoms with Gasteiger partial charge in [-0.1, -0.05) is 292 Å². The summed E-state index contributed by atoms with van der Waals surface area (Å²) in [5.41, 5.74) is 0. The largest absolute Gasteiger partial charge is 0.394 e. The van der Waals surface area contributed by atoms with Crippen LogP contribution >= 0.6 is 0 Å². The summed E-state index contributed by atoms with van der Waals surface area (Å²) in [7, 11) is 0. The Morgan fingerprint density at radius 2 is 0.700 bits per heavy atom. The van der Waals surface area contributed by atoms with Gasteiger partial charge >= 0.3 is 0 Å². The molecule has 580 valence electrons. The molecule has 3 rings (SSSR count). The molecule has 3 aliphatic heterocycles. The molecular weight excluding hydrogens is 1270 g/mol. The summed E-state index contributed by atoms with van der Waals surface area (Å²) in [5.74, 6) is -0.289. The van der Waals surface area contributed by atoms with Gasteiger partial charge in [0.25, 0.3) is 0 Å². The van der Waals surface area contributed by atoms with Crippen molar-refractivity contribution >= 4 is 5.91 Å². The highest BCUT2D eigenvalue weighted by Gasteiger charge is 2.53. The van der Waals surface area contributed by atoms with Gasteiger partial charge in [0.05, 0.1) is 38.6 Å². The van der Waals surface area contributed by atoms with E-state index in [4.69, 9.17) is 28.4 Å². The van der Waals surface area contributed by atoms with Crippen LogP contribution in [0.4, 0.5) is 0 Å². The van der Waals surface area contributed by atoms with Gasteiger partial charge in [-0.25, -0.2) is 0 Å². The number of aliphatic hydroxyl groups is 11. The Labute approximate surface area is 603 Å². The maximum absolute atomic E-state index is 13.5. The SMILES string of the molecule is CC/C=C\C/C=C\C/C=C\C/C=C\C/C=C\CCCCCCCCCCCCCC(=O)NC(COC1OC(CO)C(OC2OC(CO)C(OC3OC(CO)C(O)C(O)C3O)C(O)C2O)C(O)C1O)C(O)/C=C/CC/C=C/CCCCCCCCCCCCCCCCCCCCCCCC. The molecule has 3 aliphatic rings. The predicted octanol–water partition coefficient (Wildman–Crippen LogP) is 13.0. The molecule has 0 aromatic heterocycles. The molecule has 0 aromatic rings. The molecule has 17 unspecified atom stereocenters. The summed E-state index contributed by atoms with van der Waals surface area (Å²) in [6.45, 7) is 1.63. The molecule has 3 fully saturated rings. The number of carbonyl (C=O) groups is 1. The Morgan fingerprint density at radius 1 is 0.370 bits per heavy atom. The normalized spacial score (nSPS) is 26.9. The quantitative estimate of drug-likeness (QED) is 0.0199. The Morgan fingerprint density at radius 3 is 1.12 bits per heavy atom. The molecule has 3 saturated heterocycles. The molecule has 0 saturated carbocycles. The zero-order chi connectivity index (χ0) is 72.5. The smallest absolute Gasteiger partial charge is 0.220 e. The fourth-order valence-electron chi connectivity index (χ4n) is 13.1. The zero-order valence-corrected chi connectivity index (χ0v) is 61.9. The molecule has 19 heteroatoms. The van der Waals surface area contributed by atoms with Crippen LogP contribution in [0.1, 0.15) is 290 Å². The van der Waals surface area contributed by atoms with Crippen molar-refractivity contribution in [1.29, 1.82) is 0 Å². The number of carbonyl (C=O) groups excluding carboxylic acids is 1. The van der Waals surface area contributed by atoms with Crippen LogP contribution in [0.5, 0.6) is 0 Å². The molecule has 0 bridgehead atoms. The molecule has 1 amide bonds. The summed E-state index contributed by atoms with van der Waals surface area (Å²) < 4.78 is 34.4. The van der Waals surface area contributed by atoms with E-state index in [9.17, 15) is 61.0 Å². The summed E-state index contributed by atoms with van der Waals surface area (Å²) >= 11 is 0. The van der Waals surface area contributed by atoms with Crippen LogP contribution in [0.15, 0.2) is 85.1 Å². The number of hydrogen-bond donors (Lipinski definition) is 12. The summed E-state index contributed by atoms with van der Waals surface area (Å²) in [4.78, 5) is 13.5. The van der Waals surface area contributed by atoms with Gasteiger partial charge in [-0.2, -0.15) is 0 Å². The third-order valence-corrected chi connectivity index (χ3v) is 19.4. The number of aliphatic hydroxyl groups excluding tert-OH is 11. The number of rotatable bonds is 62. The summed E-state index contributed by atoms with van der Waals surface area (Å²) in [6.07, 6.45) is 54.2. The molecule has 0 aliphatic carbocycles. The number of nitrogens with one attached hydrogen (secondary N) is 1. The van der Waals surface area contributed by atoms with E-state index in [1.807, 2.05) is 6.08 Å². The molecule has 100 heavy (non-hydrogen) atoms. The van der Waals surface area contributed by atoms with Crippen LogP contribution in [0.3, 0.4) is 0 Å². The molecule has 3 heterocycles. The monoisotopic (exact) mass is 1420 g/mol. The first-order valence-corrected chi connectivity index (χ1v) is 39.8. The standard InChI is InChI=1S/C81H143NO18/c1-3-5-7-9-11-13-15-17-19-21-23-25-27-29-31-33-34-36-38-40-42-44-46-48-50-52-54-56-58-65(86)64(82-69(87)59-57-55-53-51-49-47-45-43-41-39-37-35-32-30-28-26-24-22-20-18-16-14-12-10-8-6-4-2)63-95-79-75(93)72(90)77(67(61-84)97-79)100-81-76(94)73(91)78(68(62-85)98-81)99-80-74(92)71(89)70(88)66(60-83)96-80/h6,8,12,14,18,20,24,26,30,32,48,50,56,58,64-68,70-81,83-86,88-94H,3-5,7,9-11,13,15-17,19,21-23,25,27-29,31,33-47,49,51-55,57,59-63H2,1-2H3,(H,82,87)/b8-6-,14-12-,20-18-,26-24-,32-30-,50-48+,58-56+. The van der Waals surface area contributed by atoms with Gasteiger partial charge in [-0.15, -0.1) is 0 Å². The van der Waals surface area contributed by atoms with Gasteiger partial charge < -0.3 is 89.9 Å². The van der Waals surface area contributed by atoms with Gasteiger partial charge in [0.1, 0.15) is 73.2 Å². The second-order valence-electron chi connectivity index (χ2n) is 28.1. The lowest BCUT2D eigenvalue weighted by molar-refractivity contribution is -0.379. The number of ether oxygens (including phenoxy) is 6. The van der Waals surface area contributed by atoms with Gasteiger partial charge in [0, 0.05) is 6.42 Å². The maximum Gasteiger partial charge on any atom is 0.220 e. The summed E-state index contributed by atoms with van der Waals surface area (Å²) in [6, 6.07) is -0.999. The molecule has 0 spiro atoms. The second kappa shape index (κ2) is 61.2. The fraction of sp³-hybridized carbons (Fsp3) is 0.815. The van der Waals surface area contributed by atoms with Gasteiger partial charge in [-0.05, 0) is 77.0 Å². The van der Waals surface area contributed by atoms with Crippen LogP contribution in [0.25, 0.3) is 0 Å². The van der Waals surface area contributed by atoms with Crippen molar-refractivity contribution < 1.29 is 89.4 Å². The van der Waals surface area contributed by atoms with Crippen molar-refractivity contribution in [2.45, 2.75) is 394 Å². The van der Waals surface area contributed by atoms with Crippen molar-refractivity contribution in [1.82, 2.24) is 5.32 Å². The van der Waals surface area contributed by atoms with E-state index in [0.29, 0.717) is 12.8 Å². The number of allylic oxidation sites excluding steroid dienone is 13. The third kappa shape index (κ3) is 41.0. The van der Waals surface area contributed by atoms with Crippen molar-refractivity contribution in [3.63, 3.8) is 0 Å². The van der Waals surface area contributed by atoms with E-state index in [-0.39, 0.29) is 18.9 Å². The van der Waals surface area contributed by atoms with E-state index < -0.39 is 124 Å². The maximum atomic E-state index is 13.5. The minimum atomic E-state index is -1.99. The van der Waals surface area contributed by atoms with Crippen molar-refractivity contribution in [3.05, 3.63) is 85.1 Å². The van der Waals surface area contributed by atoms with Crippen LogP contribution in [-0.4, -0.2) is 193 Å². The Balaban J connectivity index is 1.40. The molecule has 19 nitrogen and oxygen atoms in total. The lowest BCUT2D eigenvalue weighted by atomic mass is 9.96. The highest BCUT2D eigenvalue weighted by molar-refractivity contribution is 5.76. The average Bonchev–Trinajstić information content (AvgIpc) is 0.783. The van der Waals surface area contributed by atoms with Crippen LogP contribution in [0, 0.1) is 0 Å². The minimum absolute atomic E-state index is 0.228. The molecule has 0 aromatic carbocycles. The van der Waals surface area contributed by atoms with E-state index in [0.717, 1.165) is 83.5 Å². The minimum Gasteiger partial charge on any atom is -0.394 e. The number of amides is 1. The zero-order valence-electron chi connectivity index (χ0n) is 61.9. The van der Waals surface area contributed by atoms with E-state index in [2.05, 4.69) is 92.1 Å². The van der Waals surface area contributed by atoms with Gasteiger partial charge in [0.2, 0.25) is 5.91 Å². The highest BCUT2D eigenvalue weighted by Crippen LogP contribution is 2.33. The first-order valence-electron chi connectivity index (χ1n) is 39.8. The predicted molar refractivity (Wildman–Crippen MR) is 397 cm³/mol. The number of unbranched alkanes of at least 4 members (excludes halogenated alkanes) is 34. The average molecular weight is 1420 g/mol. The van der Waals surface area contributed by atoms with Gasteiger partial charge in [0.15, 0.2) is 18.9 Å². The fourth-order valence-corrected chi connectivity index (χ4v) is 13.1. The first kappa shape index (κ1) is 91.2. The van der Waals surface area contributed by atoms with E-state index in [1.54, 1.807) is 6.08 Å². The Bertz CT molecular complexity index is 2140. The van der Waals surface area contributed by atoms with Crippen LogP contribution < -0.4 is 5.32 Å². The van der Waals surface area contributed by atoms with Gasteiger partial charge in [-0.3, -0.25) is 4.79 Å². The van der Waals surface area contributed by atoms with E-state index in [1.165, 1.54) is 173 Å². The van der Waals surface area contributed by atoms with Crippen LogP contribution in [-0.2, 0) is 33.2 Å². The van der Waals surface area contributed by atoms with Crippen molar-refractivity contribution in [3.8, 4) is 0 Å². The second-order valence-corrected chi connectivity index (χ2v) is 28.1. The third-order valence-electron chi connectivity index (χ3n) is 19.4. The van der Waals surface area contributed by atoms with Crippen molar-refractivity contribution in [2.24, 2.45) is 0 Å². The molecule has 0 radical (unpaired) electrons. The topological polar surface area (TPSA) is 307 Å². The Kier molecular flexibility index (Phi) is 55.8. The highest BCUT2D eigenvalue weighted by atomic mass is 16.8. The molecule has 12 N–H and O–H groups in total. The first-order chi connectivity index (χ1) is 48.8. The van der Waals surface area contributed by atoms with E-state index >= 15 is 0 Å².